The van der Waals surface area contributed by atoms with Crippen LogP contribution in [0.1, 0.15) is 27.9 Å². The number of hydrogen-bond donors (Lipinski definition) is 2. The Bertz CT molecular complexity index is 2730. The van der Waals surface area contributed by atoms with Gasteiger partial charge in [-0.25, -0.2) is 14.8 Å². The van der Waals surface area contributed by atoms with Crippen LogP contribution in [0.4, 0.5) is 5.13 Å². The second-order valence-corrected chi connectivity index (χ2v) is 18.7. The number of methoxy groups -OCH3 is 1. The third-order valence-corrected chi connectivity index (χ3v) is 15.0. The van der Waals surface area contributed by atoms with Crippen molar-refractivity contribution in [1.29, 1.82) is 0 Å². The summed E-state index contributed by atoms with van der Waals surface area (Å²) >= 11 is 5.78. The minimum absolute atomic E-state index is 0.0118. The molecule has 0 spiro atoms. The fourth-order valence-electron chi connectivity index (χ4n) is 7.58. The first-order valence-corrected chi connectivity index (χ1v) is 23.7. The van der Waals surface area contributed by atoms with Crippen molar-refractivity contribution in [3.8, 4) is 5.75 Å². The van der Waals surface area contributed by atoms with Crippen LogP contribution in [-0.4, -0.2) is 80.5 Å². The topological polar surface area (TPSA) is 157 Å². The quantitative estimate of drug-likeness (QED) is 0.0240. The van der Waals surface area contributed by atoms with Gasteiger partial charge in [-0.1, -0.05) is 120 Å². The minimum Gasteiger partial charge on any atom is -0.497 e. The molecule has 9 rings (SSSR count). The molecule has 1 fully saturated rings. The highest BCUT2D eigenvalue weighted by Crippen LogP contribution is 2.44. The van der Waals surface area contributed by atoms with Gasteiger partial charge in [0.15, 0.2) is 15.2 Å². The number of rotatable bonds is 16. The second kappa shape index (κ2) is 19.1. The molecule has 0 saturated carbocycles. The van der Waals surface area contributed by atoms with E-state index in [0.717, 1.165) is 42.4 Å². The summed E-state index contributed by atoms with van der Waals surface area (Å²) in [6.07, 6.45) is 3.44. The van der Waals surface area contributed by atoms with Gasteiger partial charge in [-0.3, -0.25) is 19.5 Å². The largest absolute Gasteiger partial charge is 0.497 e. The number of oxime groups is 1. The normalized spacial score (nSPS) is 16.2. The Labute approximate surface area is 385 Å². The predicted molar refractivity (Wildman–Crippen MR) is 251 cm³/mol. The first-order valence-electron chi connectivity index (χ1n) is 20.0. The monoisotopic (exact) mass is 925 g/mol. The molecule has 13 nitrogen and oxygen atoms in total. The lowest BCUT2D eigenvalue weighted by atomic mass is 9.77. The SMILES string of the molecule is CO/N=C(\C(=O)NC1C(=O)N2C(C(=O)OCc3ccc(OC)cc3)=C(CSc3nc4cnccc4s3)CS[C@@H]12)c1csc(NC(c2ccccc2)(c2ccccc2)c2ccccc2)n1. The molecule has 1 unspecified atom stereocenters. The van der Waals surface area contributed by atoms with E-state index in [9.17, 15) is 14.4 Å². The van der Waals surface area contributed by atoms with Crippen molar-refractivity contribution in [2.24, 2.45) is 5.16 Å². The number of esters is 1. The molecule has 7 aromatic rings. The smallest absolute Gasteiger partial charge is 0.355 e. The number of nitrogens with one attached hydrogen (secondary N) is 2. The Kier molecular flexibility index (Phi) is 12.7. The maximum absolute atomic E-state index is 14.2. The fourth-order valence-corrected chi connectivity index (χ4v) is 11.8. The Balaban J connectivity index is 0.955. The Hall–Kier alpha value is -6.53. The molecule has 0 bridgehead atoms. The number of benzene rings is 4. The third kappa shape index (κ3) is 8.58. The van der Waals surface area contributed by atoms with Gasteiger partial charge in [-0.05, 0) is 46.0 Å². The molecule has 1 saturated heterocycles. The van der Waals surface area contributed by atoms with E-state index >= 15 is 0 Å². The van der Waals surface area contributed by atoms with E-state index in [1.807, 2.05) is 72.8 Å². The van der Waals surface area contributed by atoms with Crippen molar-refractivity contribution in [1.82, 2.24) is 25.2 Å². The van der Waals surface area contributed by atoms with Crippen LogP contribution in [0.2, 0.25) is 0 Å². The zero-order valence-electron chi connectivity index (χ0n) is 34.4. The number of thiazole rings is 2. The number of aromatic nitrogens is 3. The summed E-state index contributed by atoms with van der Waals surface area (Å²) in [4.78, 5) is 62.6. The van der Waals surface area contributed by atoms with E-state index in [1.165, 1.54) is 58.2 Å². The zero-order chi connectivity index (χ0) is 44.0. The molecular formula is C47H39N7O6S4. The summed E-state index contributed by atoms with van der Waals surface area (Å²) in [7, 11) is 2.92. The third-order valence-electron chi connectivity index (χ3n) is 10.7. The van der Waals surface area contributed by atoms with Gasteiger partial charge in [0.1, 0.15) is 53.3 Å². The Morgan fingerprint density at radius 2 is 1.56 bits per heavy atom. The molecule has 2 amide bonds. The van der Waals surface area contributed by atoms with Gasteiger partial charge in [0.05, 0.1) is 18.0 Å². The molecule has 5 heterocycles. The number of ether oxygens (including phenoxy) is 2. The lowest BCUT2D eigenvalue weighted by molar-refractivity contribution is -0.153. The number of nitrogens with zero attached hydrogens (tertiary/aromatic N) is 5. The van der Waals surface area contributed by atoms with Gasteiger partial charge in [-0.15, -0.1) is 34.4 Å². The van der Waals surface area contributed by atoms with Crippen LogP contribution in [0, 0.1) is 0 Å². The van der Waals surface area contributed by atoms with Crippen LogP contribution in [0.5, 0.6) is 5.75 Å². The van der Waals surface area contributed by atoms with Crippen LogP contribution in [0.3, 0.4) is 0 Å². The molecular weight excluding hydrogens is 887 g/mol. The first kappa shape index (κ1) is 42.8. The zero-order valence-corrected chi connectivity index (χ0v) is 37.6. The predicted octanol–water partition coefficient (Wildman–Crippen LogP) is 8.10. The number of hydrogen-bond acceptors (Lipinski definition) is 15. The van der Waals surface area contributed by atoms with Crippen molar-refractivity contribution in [3.63, 3.8) is 0 Å². The number of carbonyl (C=O) groups is 3. The maximum Gasteiger partial charge on any atom is 0.355 e. The average molecular weight is 926 g/mol. The number of β-lactam (4-membered cyclic amide) rings is 1. The number of anilines is 1. The van der Waals surface area contributed by atoms with Crippen LogP contribution < -0.4 is 15.4 Å². The van der Waals surface area contributed by atoms with Crippen molar-refractivity contribution in [3.05, 3.63) is 178 Å². The number of thioether (sulfide) groups is 2. The number of pyridine rings is 1. The summed E-state index contributed by atoms with van der Waals surface area (Å²) in [5.74, 6) is -0.255. The van der Waals surface area contributed by atoms with E-state index in [2.05, 4.69) is 62.2 Å². The molecule has 3 aromatic heterocycles. The molecule has 2 N–H and O–H groups in total. The minimum atomic E-state index is -0.965. The van der Waals surface area contributed by atoms with Crippen molar-refractivity contribution in [2.45, 2.75) is 27.9 Å². The van der Waals surface area contributed by atoms with Gasteiger partial charge in [0, 0.05) is 23.1 Å². The van der Waals surface area contributed by atoms with Gasteiger partial charge in [0.25, 0.3) is 11.8 Å². The molecule has 0 aliphatic carbocycles. The van der Waals surface area contributed by atoms with Gasteiger partial charge >= 0.3 is 5.97 Å². The molecule has 2 atom stereocenters. The van der Waals surface area contributed by atoms with Crippen molar-refractivity contribution >= 4 is 85.0 Å². The summed E-state index contributed by atoms with van der Waals surface area (Å²) in [5, 5.41) is 12.4. The lowest BCUT2D eigenvalue weighted by Crippen LogP contribution is -2.71. The molecule has 17 heteroatoms. The number of fused-ring (bicyclic) bond motifs is 2. The van der Waals surface area contributed by atoms with Crippen molar-refractivity contribution in [2.75, 3.05) is 31.0 Å². The molecule has 4 aromatic carbocycles. The highest BCUT2D eigenvalue weighted by atomic mass is 32.2. The summed E-state index contributed by atoms with van der Waals surface area (Å²) in [6, 6.07) is 38.5. The first-order chi connectivity index (χ1) is 31.4. The van der Waals surface area contributed by atoms with Crippen LogP contribution in [0.25, 0.3) is 10.2 Å². The Morgan fingerprint density at radius 1 is 0.891 bits per heavy atom. The standard InChI is InChI=1S/C47H39N7O6S4/c1-58-34-20-18-29(19-21-34)25-60-44(57)40-30(27-63-46-50-35-24-48-23-22-37(35)64-46)26-61-43-39(42(56)54(40)43)51-41(55)38(53-59-2)36-28-62-45(49-36)52-47(31-12-6-3-7-13-31,32-14-8-4-9-15-32)33-16-10-5-11-17-33/h3-24,28,39,43H,25-27H2,1-2H3,(H,49,52)(H,51,55)/b53-38-/t39?,43-/m0/s1. The summed E-state index contributed by atoms with van der Waals surface area (Å²) in [5.41, 5.74) is 4.68. The number of amides is 2. The molecule has 0 radical (unpaired) electrons. The second-order valence-electron chi connectivity index (χ2n) is 14.5. The highest BCUT2D eigenvalue weighted by Gasteiger charge is 2.55. The lowest BCUT2D eigenvalue weighted by Gasteiger charge is -2.49. The van der Waals surface area contributed by atoms with E-state index in [0.29, 0.717) is 22.4 Å². The molecule has 322 valence electrons. The van der Waals surface area contributed by atoms with Crippen LogP contribution >= 0.6 is 46.2 Å². The summed E-state index contributed by atoms with van der Waals surface area (Å²) in [6.45, 7) is -0.0118. The van der Waals surface area contributed by atoms with Crippen molar-refractivity contribution < 1.29 is 28.7 Å². The number of carbonyl (C=O) groups excluding carboxylic acids is 3. The summed E-state index contributed by atoms with van der Waals surface area (Å²) < 4.78 is 12.9. The van der Waals surface area contributed by atoms with Crippen LogP contribution in [0.15, 0.2) is 160 Å². The fraction of sp³-hybridized carbons (Fsp3) is 0.170. The van der Waals surface area contributed by atoms with E-state index in [1.54, 1.807) is 37.0 Å². The van der Waals surface area contributed by atoms with Gasteiger partial charge in [-0.2, -0.15) is 0 Å². The molecule has 2 aliphatic rings. The van der Waals surface area contributed by atoms with Gasteiger partial charge in [0.2, 0.25) is 0 Å². The molecule has 2 aliphatic heterocycles. The van der Waals surface area contributed by atoms with E-state index in [-0.39, 0.29) is 23.7 Å². The molecule has 64 heavy (non-hydrogen) atoms. The Morgan fingerprint density at radius 3 is 2.19 bits per heavy atom. The van der Waals surface area contributed by atoms with Crippen LogP contribution in [-0.2, 0) is 36.1 Å². The van der Waals surface area contributed by atoms with E-state index < -0.39 is 34.7 Å². The highest BCUT2D eigenvalue weighted by molar-refractivity contribution is 8.02. The maximum atomic E-state index is 14.2. The van der Waals surface area contributed by atoms with Gasteiger partial charge < -0.3 is 24.9 Å². The average Bonchev–Trinajstić information content (AvgIpc) is 4.00. The van der Waals surface area contributed by atoms with E-state index in [4.69, 9.17) is 19.3 Å².